The van der Waals surface area contributed by atoms with Crippen molar-refractivity contribution in [2.24, 2.45) is 0 Å². The number of aryl methyl sites for hydroxylation is 1. The molecule has 0 spiro atoms. The maximum absolute atomic E-state index is 12.6. The summed E-state index contributed by atoms with van der Waals surface area (Å²) in [6.45, 7) is 6.32. The Morgan fingerprint density at radius 2 is 2.39 bits per heavy atom. The van der Waals surface area contributed by atoms with Crippen LogP contribution >= 0.6 is 11.3 Å². The van der Waals surface area contributed by atoms with Crippen molar-refractivity contribution in [2.45, 2.75) is 39.2 Å². The summed E-state index contributed by atoms with van der Waals surface area (Å²) in [7, 11) is 0. The van der Waals surface area contributed by atoms with Crippen LogP contribution in [-0.2, 0) is 11.3 Å². The Bertz CT molecular complexity index is 667. The van der Waals surface area contributed by atoms with E-state index >= 15 is 0 Å². The van der Waals surface area contributed by atoms with E-state index < -0.39 is 0 Å². The summed E-state index contributed by atoms with van der Waals surface area (Å²) in [5.74, 6) is 1.41. The standard InChI is InChI=1S/C16H21N3O3S/c1-3-21-10-14-17-15(18-22-14)12-5-4-8-19(9-12)16(20)13-7-6-11(2)23-13/h6-7,12H,3-5,8-10H2,1-2H3. The molecule has 7 heteroatoms. The predicted molar refractivity (Wildman–Crippen MR) is 86.6 cm³/mol. The number of thiophene rings is 1. The van der Waals surface area contributed by atoms with Crippen molar-refractivity contribution in [2.75, 3.05) is 19.7 Å². The van der Waals surface area contributed by atoms with E-state index in [9.17, 15) is 4.79 Å². The summed E-state index contributed by atoms with van der Waals surface area (Å²) < 4.78 is 10.5. The lowest BCUT2D eigenvalue weighted by Crippen LogP contribution is -2.39. The second kappa shape index (κ2) is 7.23. The largest absolute Gasteiger partial charge is 0.372 e. The lowest BCUT2D eigenvalue weighted by atomic mass is 9.97. The molecule has 1 amide bonds. The SMILES string of the molecule is CCOCc1nc(C2CCCN(C(=O)c3ccc(C)s3)C2)no1. The molecule has 3 rings (SSSR count). The molecule has 23 heavy (non-hydrogen) atoms. The van der Waals surface area contributed by atoms with Crippen LogP contribution in [0.4, 0.5) is 0 Å². The lowest BCUT2D eigenvalue weighted by Gasteiger charge is -2.30. The van der Waals surface area contributed by atoms with E-state index in [0.29, 0.717) is 31.5 Å². The first-order valence-corrected chi connectivity index (χ1v) is 8.75. The van der Waals surface area contributed by atoms with E-state index in [0.717, 1.165) is 29.1 Å². The smallest absolute Gasteiger partial charge is 0.263 e. The molecule has 1 aliphatic heterocycles. The molecule has 0 bridgehead atoms. The van der Waals surface area contributed by atoms with Gasteiger partial charge < -0.3 is 14.2 Å². The number of carbonyl (C=O) groups is 1. The number of piperidine rings is 1. The highest BCUT2D eigenvalue weighted by Gasteiger charge is 2.29. The third kappa shape index (κ3) is 3.79. The normalized spacial score (nSPS) is 18.3. The lowest BCUT2D eigenvalue weighted by molar-refractivity contribution is 0.0708. The van der Waals surface area contributed by atoms with Crippen LogP contribution in [0.3, 0.4) is 0 Å². The Kier molecular flexibility index (Phi) is 5.07. The molecule has 1 fully saturated rings. The predicted octanol–water partition coefficient (Wildman–Crippen LogP) is 3.00. The Labute approximate surface area is 139 Å². The molecule has 2 aromatic rings. The number of likely N-dealkylation sites (tertiary alicyclic amines) is 1. The summed E-state index contributed by atoms with van der Waals surface area (Å²) >= 11 is 1.54. The molecule has 124 valence electrons. The van der Waals surface area contributed by atoms with Crippen molar-refractivity contribution >= 4 is 17.2 Å². The molecule has 0 saturated carbocycles. The highest BCUT2D eigenvalue weighted by atomic mass is 32.1. The number of ether oxygens (including phenoxy) is 1. The van der Waals surface area contributed by atoms with Crippen molar-refractivity contribution in [3.63, 3.8) is 0 Å². The van der Waals surface area contributed by atoms with Crippen LogP contribution in [0, 0.1) is 6.92 Å². The molecule has 2 aromatic heterocycles. The van der Waals surface area contributed by atoms with E-state index in [-0.39, 0.29) is 11.8 Å². The van der Waals surface area contributed by atoms with Crippen LogP contribution in [0.15, 0.2) is 16.7 Å². The minimum absolute atomic E-state index is 0.103. The zero-order chi connectivity index (χ0) is 16.2. The first kappa shape index (κ1) is 16.1. The molecule has 6 nitrogen and oxygen atoms in total. The summed E-state index contributed by atoms with van der Waals surface area (Å²) in [5, 5.41) is 4.06. The summed E-state index contributed by atoms with van der Waals surface area (Å²) in [5.41, 5.74) is 0. The fourth-order valence-electron chi connectivity index (χ4n) is 2.76. The van der Waals surface area contributed by atoms with Crippen molar-refractivity contribution in [3.8, 4) is 0 Å². The Morgan fingerprint density at radius 1 is 1.52 bits per heavy atom. The number of amides is 1. The third-order valence-electron chi connectivity index (χ3n) is 3.94. The van der Waals surface area contributed by atoms with Crippen LogP contribution in [0.1, 0.15) is 51.9 Å². The number of rotatable bonds is 5. The van der Waals surface area contributed by atoms with Gasteiger partial charge in [-0.1, -0.05) is 5.16 Å². The Hall–Kier alpha value is -1.73. The maximum Gasteiger partial charge on any atom is 0.263 e. The minimum atomic E-state index is 0.103. The summed E-state index contributed by atoms with van der Waals surface area (Å²) in [4.78, 5) is 20.8. The summed E-state index contributed by atoms with van der Waals surface area (Å²) in [6, 6.07) is 3.89. The molecule has 1 unspecified atom stereocenters. The minimum Gasteiger partial charge on any atom is -0.372 e. The Balaban J connectivity index is 1.66. The van der Waals surface area contributed by atoms with Crippen LogP contribution in [0.2, 0.25) is 0 Å². The van der Waals surface area contributed by atoms with E-state index in [1.807, 2.05) is 30.9 Å². The first-order valence-electron chi connectivity index (χ1n) is 7.93. The van der Waals surface area contributed by atoms with Gasteiger partial charge in [-0.05, 0) is 38.8 Å². The van der Waals surface area contributed by atoms with Gasteiger partial charge in [-0.2, -0.15) is 4.98 Å². The van der Waals surface area contributed by atoms with Gasteiger partial charge in [0, 0.05) is 30.5 Å². The average Bonchev–Trinajstić information content (AvgIpc) is 3.21. The van der Waals surface area contributed by atoms with Gasteiger partial charge in [0.1, 0.15) is 6.61 Å². The second-order valence-electron chi connectivity index (χ2n) is 5.68. The molecule has 0 N–H and O–H groups in total. The van der Waals surface area contributed by atoms with Gasteiger partial charge in [0.15, 0.2) is 5.82 Å². The first-order chi connectivity index (χ1) is 11.2. The van der Waals surface area contributed by atoms with Crippen LogP contribution in [-0.4, -0.2) is 40.6 Å². The fraction of sp³-hybridized carbons (Fsp3) is 0.562. The second-order valence-corrected chi connectivity index (χ2v) is 6.97. The fourth-order valence-corrected chi connectivity index (χ4v) is 3.59. The molecule has 0 aliphatic carbocycles. The van der Waals surface area contributed by atoms with Crippen molar-refractivity contribution in [3.05, 3.63) is 33.6 Å². The third-order valence-corrected chi connectivity index (χ3v) is 4.93. The van der Waals surface area contributed by atoms with E-state index in [2.05, 4.69) is 10.1 Å². The molecule has 3 heterocycles. The van der Waals surface area contributed by atoms with E-state index in [4.69, 9.17) is 9.26 Å². The monoisotopic (exact) mass is 335 g/mol. The van der Waals surface area contributed by atoms with Gasteiger partial charge in [0.25, 0.3) is 11.8 Å². The highest BCUT2D eigenvalue weighted by Crippen LogP contribution is 2.27. The van der Waals surface area contributed by atoms with Crippen LogP contribution in [0.5, 0.6) is 0 Å². The van der Waals surface area contributed by atoms with Gasteiger partial charge in [0.05, 0.1) is 4.88 Å². The number of aromatic nitrogens is 2. The number of hydrogen-bond donors (Lipinski definition) is 0. The molecular formula is C16H21N3O3S. The molecule has 1 atom stereocenters. The average molecular weight is 335 g/mol. The van der Waals surface area contributed by atoms with Gasteiger partial charge in [-0.25, -0.2) is 0 Å². The zero-order valence-corrected chi connectivity index (χ0v) is 14.3. The highest BCUT2D eigenvalue weighted by molar-refractivity contribution is 7.13. The van der Waals surface area contributed by atoms with E-state index in [1.54, 1.807) is 11.3 Å². The molecular weight excluding hydrogens is 314 g/mol. The van der Waals surface area contributed by atoms with Crippen LogP contribution < -0.4 is 0 Å². The molecule has 0 aromatic carbocycles. The van der Waals surface area contributed by atoms with E-state index in [1.165, 1.54) is 0 Å². The number of nitrogens with zero attached hydrogens (tertiary/aromatic N) is 3. The van der Waals surface area contributed by atoms with Crippen LogP contribution in [0.25, 0.3) is 0 Å². The number of carbonyl (C=O) groups excluding carboxylic acids is 1. The van der Waals surface area contributed by atoms with Crippen molar-refractivity contribution < 1.29 is 14.1 Å². The van der Waals surface area contributed by atoms with Crippen molar-refractivity contribution in [1.29, 1.82) is 0 Å². The zero-order valence-electron chi connectivity index (χ0n) is 13.4. The number of hydrogen-bond acceptors (Lipinski definition) is 6. The molecule has 1 aliphatic rings. The molecule has 1 saturated heterocycles. The van der Waals surface area contributed by atoms with Gasteiger partial charge in [-0.15, -0.1) is 11.3 Å². The maximum atomic E-state index is 12.6. The topological polar surface area (TPSA) is 68.5 Å². The molecule has 0 radical (unpaired) electrons. The Morgan fingerprint density at radius 3 is 3.13 bits per heavy atom. The van der Waals surface area contributed by atoms with Gasteiger partial charge in [0.2, 0.25) is 0 Å². The summed E-state index contributed by atoms with van der Waals surface area (Å²) in [6.07, 6.45) is 1.93. The van der Waals surface area contributed by atoms with Gasteiger partial charge in [-0.3, -0.25) is 4.79 Å². The van der Waals surface area contributed by atoms with Crippen molar-refractivity contribution in [1.82, 2.24) is 15.0 Å². The quantitative estimate of drug-likeness (QED) is 0.840. The van der Waals surface area contributed by atoms with Gasteiger partial charge >= 0.3 is 0 Å².